The van der Waals surface area contributed by atoms with E-state index in [2.05, 4.69) is 36.5 Å². The van der Waals surface area contributed by atoms with E-state index in [0.29, 0.717) is 17.2 Å². The van der Waals surface area contributed by atoms with Crippen molar-refractivity contribution in [3.8, 4) is 11.5 Å². The SMILES string of the molecule is COc1ccc(NC(=O)N2CCCCC[C@H]2c2ccc(C)cc2)c(OC)c1. The van der Waals surface area contributed by atoms with Crippen LogP contribution in [0.4, 0.5) is 10.5 Å². The molecule has 0 aromatic heterocycles. The van der Waals surface area contributed by atoms with Gasteiger partial charge in [0.1, 0.15) is 11.5 Å². The number of amides is 2. The summed E-state index contributed by atoms with van der Waals surface area (Å²) in [6, 6.07) is 13.9. The standard InChI is InChI=1S/C22H28N2O3/c1-16-8-10-17(11-9-16)20-7-5-4-6-14-24(20)22(25)23-19-13-12-18(26-2)15-21(19)27-3/h8-13,15,20H,4-7,14H2,1-3H3,(H,23,25)/t20-/m0/s1. The molecule has 0 spiro atoms. The zero-order valence-electron chi connectivity index (χ0n) is 16.3. The fourth-order valence-electron chi connectivity index (χ4n) is 3.58. The molecule has 1 N–H and O–H groups in total. The lowest BCUT2D eigenvalue weighted by molar-refractivity contribution is 0.189. The highest BCUT2D eigenvalue weighted by Gasteiger charge is 2.27. The fourth-order valence-corrected chi connectivity index (χ4v) is 3.58. The van der Waals surface area contributed by atoms with E-state index >= 15 is 0 Å². The number of benzene rings is 2. The van der Waals surface area contributed by atoms with E-state index in [9.17, 15) is 4.79 Å². The number of aryl methyl sites for hydroxylation is 1. The van der Waals surface area contributed by atoms with Crippen LogP contribution >= 0.6 is 0 Å². The van der Waals surface area contributed by atoms with E-state index in [0.717, 1.165) is 32.2 Å². The predicted molar refractivity (Wildman–Crippen MR) is 108 cm³/mol. The minimum atomic E-state index is -0.0917. The molecule has 3 rings (SSSR count). The van der Waals surface area contributed by atoms with Crippen molar-refractivity contribution < 1.29 is 14.3 Å². The Bertz CT molecular complexity index is 774. The van der Waals surface area contributed by atoms with Crippen molar-refractivity contribution in [2.75, 3.05) is 26.1 Å². The fraction of sp³-hybridized carbons (Fsp3) is 0.409. The number of hydrogen-bond acceptors (Lipinski definition) is 3. The number of ether oxygens (including phenoxy) is 2. The van der Waals surface area contributed by atoms with Gasteiger partial charge in [0.15, 0.2) is 0 Å². The van der Waals surface area contributed by atoms with Crippen molar-refractivity contribution in [3.63, 3.8) is 0 Å². The Morgan fingerprint density at radius 1 is 1.04 bits per heavy atom. The van der Waals surface area contributed by atoms with Gasteiger partial charge in [-0.2, -0.15) is 0 Å². The second kappa shape index (κ2) is 8.80. The van der Waals surface area contributed by atoms with Gasteiger partial charge in [-0.15, -0.1) is 0 Å². The number of carbonyl (C=O) groups is 1. The first-order chi connectivity index (χ1) is 13.1. The molecule has 0 aliphatic carbocycles. The van der Waals surface area contributed by atoms with Crippen LogP contribution in [0.3, 0.4) is 0 Å². The van der Waals surface area contributed by atoms with Crippen molar-refractivity contribution in [2.45, 2.75) is 38.6 Å². The van der Waals surface area contributed by atoms with E-state index in [1.54, 1.807) is 20.3 Å². The highest BCUT2D eigenvalue weighted by molar-refractivity contribution is 5.91. The largest absolute Gasteiger partial charge is 0.497 e. The lowest BCUT2D eigenvalue weighted by Gasteiger charge is -2.31. The zero-order chi connectivity index (χ0) is 19.2. The first kappa shape index (κ1) is 19.1. The Morgan fingerprint density at radius 2 is 1.81 bits per heavy atom. The summed E-state index contributed by atoms with van der Waals surface area (Å²) >= 11 is 0. The number of likely N-dealkylation sites (tertiary alicyclic amines) is 1. The molecule has 144 valence electrons. The third-order valence-corrected chi connectivity index (χ3v) is 5.13. The number of nitrogens with one attached hydrogen (secondary N) is 1. The first-order valence-corrected chi connectivity index (χ1v) is 9.48. The van der Waals surface area contributed by atoms with Crippen LogP contribution in [-0.2, 0) is 0 Å². The second-order valence-electron chi connectivity index (χ2n) is 6.97. The Balaban J connectivity index is 1.83. The summed E-state index contributed by atoms with van der Waals surface area (Å²) in [6.45, 7) is 2.83. The molecule has 2 aromatic carbocycles. The molecule has 1 aliphatic rings. The molecule has 2 amide bonds. The molecule has 1 aliphatic heterocycles. The van der Waals surface area contributed by atoms with Crippen LogP contribution in [0.15, 0.2) is 42.5 Å². The molecule has 0 unspecified atom stereocenters. The highest BCUT2D eigenvalue weighted by atomic mass is 16.5. The summed E-state index contributed by atoms with van der Waals surface area (Å²) < 4.78 is 10.6. The van der Waals surface area contributed by atoms with Crippen LogP contribution in [0.1, 0.15) is 42.9 Å². The van der Waals surface area contributed by atoms with Crippen molar-refractivity contribution >= 4 is 11.7 Å². The normalized spacial score (nSPS) is 17.1. The smallest absolute Gasteiger partial charge is 0.322 e. The maximum absolute atomic E-state index is 13.1. The number of carbonyl (C=O) groups excluding carboxylic acids is 1. The van der Waals surface area contributed by atoms with E-state index in [4.69, 9.17) is 9.47 Å². The number of urea groups is 1. The third kappa shape index (κ3) is 4.54. The Labute approximate surface area is 161 Å². The zero-order valence-corrected chi connectivity index (χ0v) is 16.3. The predicted octanol–water partition coefficient (Wildman–Crippen LogP) is 5.16. The number of nitrogens with zero attached hydrogens (tertiary/aromatic N) is 1. The summed E-state index contributed by atoms with van der Waals surface area (Å²) in [7, 11) is 3.20. The first-order valence-electron chi connectivity index (χ1n) is 9.48. The van der Waals surface area contributed by atoms with Gasteiger partial charge in [-0.3, -0.25) is 0 Å². The molecule has 1 saturated heterocycles. The lowest BCUT2D eigenvalue weighted by atomic mass is 10.00. The summed E-state index contributed by atoms with van der Waals surface area (Å²) in [5, 5.41) is 3.03. The quantitative estimate of drug-likeness (QED) is 0.811. The monoisotopic (exact) mass is 368 g/mol. The van der Waals surface area contributed by atoms with Gasteiger partial charge in [0, 0.05) is 12.6 Å². The van der Waals surface area contributed by atoms with Gasteiger partial charge in [0.05, 0.1) is 25.9 Å². The van der Waals surface area contributed by atoms with Crippen molar-refractivity contribution in [1.82, 2.24) is 4.90 Å². The van der Waals surface area contributed by atoms with Gasteiger partial charge >= 0.3 is 6.03 Å². The molecule has 1 heterocycles. The van der Waals surface area contributed by atoms with E-state index in [-0.39, 0.29) is 12.1 Å². The maximum Gasteiger partial charge on any atom is 0.322 e. The average molecular weight is 368 g/mol. The van der Waals surface area contributed by atoms with Gasteiger partial charge in [0.25, 0.3) is 0 Å². The number of hydrogen-bond donors (Lipinski definition) is 1. The molecular formula is C22H28N2O3. The van der Waals surface area contributed by atoms with Crippen LogP contribution in [0.2, 0.25) is 0 Å². The molecule has 1 atom stereocenters. The molecule has 2 aromatic rings. The van der Waals surface area contributed by atoms with E-state index in [1.807, 2.05) is 17.0 Å². The van der Waals surface area contributed by atoms with Gasteiger partial charge in [-0.25, -0.2) is 4.79 Å². The van der Waals surface area contributed by atoms with Crippen LogP contribution < -0.4 is 14.8 Å². The molecule has 5 heteroatoms. The Kier molecular flexibility index (Phi) is 6.22. The van der Waals surface area contributed by atoms with Crippen LogP contribution in [-0.4, -0.2) is 31.7 Å². The maximum atomic E-state index is 13.1. The summed E-state index contributed by atoms with van der Waals surface area (Å²) in [5.41, 5.74) is 3.07. The molecular weight excluding hydrogens is 340 g/mol. The van der Waals surface area contributed by atoms with Crippen LogP contribution in [0.25, 0.3) is 0 Å². The Hall–Kier alpha value is -2.69. The summed E-state index contributed by atoms with van der Waals surface area (Å²) in [4.78, 5) is 15.1. The minimum Gasteiger partial charge on any atom is -0.497 e. The van der Waals surface area contributed by atoms with Crippen molar-refractivity contribution in [1.29, 1.82) is 0 Å². The number of rotatable bonds is 4. The van der Waals surface area contributed by atoms with Crippen molar-refractivity contribution in [2.24, 2.45) is 0 Å². The Morgan fingerprint density at radius 3 is 2.52 bits per heavy atom. The highest BCUT2D eigenvalue weighted by Crippen LogP contribution is 2.33. The second-order valence-corrected chi connectivity index (χ2v) is 6.97. The van der Waals surface area contributed by atoms with E-state index < -0.39 is 0 Å². The van der Waals surface area contributed by atoms with Crippen molar-refractivity contribution in [3.05, 3.63) is 53.6 Å². The summed E-state index contributed by atoms with van der Waals surface area (Å²) in [5.74, 6) is 1.28. The van der Waals surface area contributed by atoms with Gasteiger partial charge < -0.3 is 19.7 Å². The number of methoxy groups -OCH3 is 2. The van der Waals surface area contributed by atoms with Crippen LogP contribution in [0.5, 0.6) is 11.5 Å². The third-order valence-electron chi connectivity index (χ3n) is 5.13. The molecule has 0 bridgehead atoms. The van der Waals surface area contributed by atoms with E-state index in [1.165, 1.54) is 11.1 Å². The molecule has 1 fully saturated rings. The molecule has 27 heavy (non-hydrogen) atoms. The molecule has 5 nitrogen and oxygen atoms in total. The number of anilines is 1. The lowest BCUT2D eigenvalue weighted by Crippen LogP contribution is -2.38. The topological polar surface area (TPSA) is 50.8 Å². The minimum absolute atomic E-state index is 0.0917. The summed E-state index contributed by atoms with van der Waals surface area (Å²) in [6.07, 6.45) is 4.29. The average Bonchev–Trinajstić information content (AvgIpc) is 2.95. The van der Waals surface area contributed by atoms with Crippen LogP contribution in [0, 0.1) is 6.92 Å². The van der Waals surface area contributed by atoms with Gasteiger partial charge in [-0.1, -0.05) is 42.7 Å². The van der Waals surface area contributed by atoms with Gasteiger partial charge in [-0.05, 0) is 37.5 Å². The van der Waals surface area contributed by atoms with Gasteiger partial charge in [0.2, 0.25) is 0 Å². The molecule has 0 saturated carbocycles. The molecule has 0 radical (unpaired) electrons.